The third-order valence-electron chi connectivity index (χ3n) is 5.79. The topological polar surface area (TPSA) is 94.1 Å². The standard InChI is InChI=1S/C25H37F15O9/c26-19(27,20(28,29)21(30,31)22(32,33)23(34,35)24(36,37)25(38,39)40)1-3-42-5-7-44-9-11-46-13-15-48-17-18-49-16-14-47-12-10-45-8-6-43-4-2-41/h41H,1-18H2. The number of aliphatic hydroxyl groups is 1. The summed E-state index contributed by atoms with van der Waals surface area (Å²) in [4.78, 5) is 0. The highest BCUT2D eigenvalue weighted by Crippen LogP contribution is 2.62. The van der Waals surface area contributed by atoms with Crippen LogP contribution in [0, 0.1) is 0 Å². The molecule has 0 aliphatic rings. The van der Waals surface area contributed by atoms with Gasteiger partial charge in [-0.2, -0.15) is 65.9 Å². The lowest BCUT2D eigenvalue weighted by Gasteiger charge is -2.41. The summed E-state index contributed by atoms with van der Waals surface area (Å²) in [6, 6.07) is 0. The Morgan fingerprint density at radius 1 is 0.286 bits per heavy atom. The largest absolute Gasteiger partial charge is 0.460 e. The molecule has 0 aromatic rings. The van der Waals surface area contributed by atoms with Gasteiger partial charge in [0, 0.05) is 6.42 Å². The maximum absolute atomic E-state index is 13.7. The van der Waals surface area contributed by atoms with Gasteiger partial charge in [0.25, 0.3) is 0 Å². The van der Waals surface area contributed by atoms with Crippen LogP contribution in [0.15, 0.2) is 0 Å². The molecule has 0 bridgehead atoms. The van der Waals surface area contributed by atoms with Gasteiger partial charge in [-0.1, -0.05) is 0 Å². The minimum absolute atomic E-state index is 0.0256. The molecule has 0 fully saturated rings. The molecule has 49 heavy (non-hydrogen) atoms. The van der Waals surface area contributed by atoms with Crippen LogP contribution in [0.2, 0.25) is 0 Å². The lowest BCUT2D eigenvalue weighted by atomic mass is 9.90. The summed E-state index contributed by atoms with van der Waals surface area (Å²) in [5.74, 6) is -46.6. The van der Waals surface area contributed by atoms with Crippen LogP contribution in [0.25, 0.3) is 0 Å². The first kappa shape index (κ1) is 47.6. The molecule has 0 rings (SSSR count). The van der Waals surface area contributed by atoms with E-state index in [1.807, 2.05) is 0 Å². The Labute approximate surface area is 270 Å². The molecule has 0 saturated carbocycles. The molecule has 1 N–H and O–H groups in total. The van der Waals surface area contributed by atoms with Crippen LogP contribution in [-0.2, 0) is 37.9 Å². The van der Waals surface area contributed by atoms with Gasteiger partial charge in [0.15, 0.2) is 0 Å². The van der Waals surface area contributed by atoms with Gasteiger partial charge in [0.05, 0.1) is 112 Å². The van der Waals surface area contributed by atoms with Gasteiger partial charge >= 0.3 is 41.7 Å². The summed E-state index contributed by atoms with van der Waals surface area (Å²) in [6.45, 7) is 0.184. The Morgan fingerprint density at radius 2 is 0.510 bits per heavy atom. The zero-order chi connectivity index (χ0) is 37.9. The van der Waals surface area contributed by atoms with Gasteiger partial charge in [-0.3, -0.25) is 0 Å². The van der Waals surface area contributed by atoms with Gasteiger partial charge in [-0.15, -0.1) is 0 Å². The van der Waals surface area contributed by atoms with E-state index < -0.39 is 68.0 Å². The molecule has 0 heterocycles. The maximum Gasteiger partial charge on any atom is 0.460 e. The molecule has 0 saturated heterocycles. The lowest BCUT2D eigenvalue weighted by Crippen LogP contribution is -2.72. The van der Waals surface area contributed by atoms with Crippen molar-refractivity contribution in [3.63, 3.8) is 0 Å². The number of hydrogen-bond donors (Lipinski definition) is 1. The first-order valence-electron chi connectivity index (χ1n) is 14.1. The van der Waals surface area contributed by atoms with E-state index >= 15 is 0 Å². The average molecular weight is 767 g/mol. The van der Waals surface area contributed by atoms with Crippen LogP contribution in [0.4, 0.5) is 65.9 Å². The summed E-state index contributed by atoms with van der Waals surface area (Å²) in [7, 11) is 0. The van der Waals surface area contributed by atoms with Gasteiger partial charge in [-0.25, -0.2) is 0 Å². The van der Waals surface area contributed by atoms with Crippen molar-refractivity contribution in [2.45, 2.75) is 48.1 Å². The first-order chi connectivity index (χ1) is 22.6. The van der Waals surface area contributed by atoms with Crippen molar-refractivity contribution < 1.29 is 109 Å². The van der Waals surface area contributed by atoms with Gasteiger partial charge in [0.2, 0.25) is 0 Å². The SMILES string of the molecule is OCCOCCOCCOCCOCCOCCOCCOCCOCCC(F)(F)C(F)(F)C(F)(F)C(F)(F)C(F)(F)C(F)(F)C(F)(F)F. The van der Waals surface area contributed by atoms with Crippen LogP contribution >= 0.6 is 0 Å². The number of rotatable bonds is 31. The Balaban J connectivity index is 4.09. The van der Waals surface area contributed by atoms with Gasteiger partial charge < -0.3 is 43.0 Å². The quantitative estimate of drug-likeness (QED) is 0.0784. The Bertz CT molecular complexity index is 866. The van der Waals surface area contributed by atoms with E-state index in [4.69, 9.17) is 38.3 Å². The molecule has 0 aromatic carbocycles. The smallest absolute Gasteiger partial charge is 0.394 e. The third-order valence-corrected chi connectivity index (χ3v) is 5.79. The van der Waals surface area contributed by atoms with Crippen LogP contribution < -0.4 is 0 Å². The second kappa shape index (κ2) is 21.8. The van der Waals surface area contributed by atoms with Gasteiger partial charge in [0.1, 0.15) is 0 Å². The van der Waals surface area contributed by atoms with E-state index in [1.165, 1.54) is 0 Å². The molecule has 0 aliphatic carbocycles. The number of alkyl halides is 15. The van der Waals surface area contributed by atoms with E-state index in [2.05, 4.69) is 4.74 Å². The molecule has 0 unspecified atom stereocenters. The van der Waals surface area contributed by atoms with Crippen molar-refractivity contribution >= 4 is 0 Å². The van der Waals surface area contributed by atoms with Crippen LogP contribution in [0.5, 0.6) is 0 Å². The highest BCUT2D eigenvalue weighted by atomic mass is 19.4. The normalized spacial score (nSPS) is 14.2. The second-order valence-electron chi connectivity index (χ2n) is 9.45. The van der Waals surface area contributed by atoms with Gasteiger partial charge in [-0.05, 0) is 0 Å². The molecule has 0 radical (unpaired) electrons. The molecule has 296 valence electrons. The van der Waals surface area contributed by atoms with E-state index in [0.717, 1.165) is 0 Å². The van der Waals surface area contributed by atoms with Crippen molar-refractivity contribution in [1.82, 2.24) is 0 Å². The highest BCUT2D eigenvalue weighted by Gasteiger charge is 2.93. The lowest BCUT2D eigenvalue weighted by molar-refractivity contribution is -0.452. The molecule has 9 nitrogen and oxygen atoms in total. The van der Waals surface area contributed by atoms with E-state index in [9.17, 15) is 65.9 Å². The number of hydrogen-bond acceptors (Lipinski definition) is 9. The number of aliphatic hydroxyl groups excluding tert-OH is 1. The molecule has 0 amide bonds. The van der Waals surface area contributed by atoms with E-state index in [1.54, 1.807) is 0 Å². The zero-order valence-electron chi connectivity index (χ0n) is 25.6. The molecular formula is C25H37F15O9. The average Bonchev–Trinajstić information content (AvgIpc) is 3.00. The van der Waals surface area contributed by atoms with E-state index in [0.29, 0.717) is 39.6 Å². The van der Waals surface area contributed by atoms with E-state index in [-0.39, 0.29) is 52.9 Å². The molecular weight excluding hydrogens is 729 g/mol. The summed E-state index contributed by atoms with van der Waals surface area (Å²) >= 11 is 0. The Morgan fingerprint density at radius 3 is 0.776 bits per heavy atom. The van der Waals surface area contributed by atoms with Crippen molar-refractivity contribution in [2.24, 2.45) is 0 Å². The summed E-state index contributed by atoms with van der Waals surface area (Å²) < 4.78 is 238. The first-order valence-corrected chi connectivity index (χ1v) is 14.1. The second-order valence-corrected chi connectivity index (χ2v) is 9.45. The molecule has 0 spiro atoms. The summed E-state index contributed by atoms with van der Waals surface area (Å²) in [6.07, 6.45) is -10.2. The van der Waals surface area contributed by atoms with Crippen LogP contribution in [-0.4, -0.2) is 159 Å². The number of ether oxygens (including phenoxy) is 8. The number of halogens is 15. The monoisotopic (exact) mass is 766 g/mol. The highest BCUT2D eigenvalue weighted by molar-refractivity contribution is 5.12. The predicted octanol–water partition coefficient (Wildman–Crippen LogP) is 4.88. The van der Waals surface area contributed by atoms with Crippen molar-refractivity contribution in [1.29, 1.82) is 0 Å². The fraction of sp³-hybridized carbons (Fsp3) is 1.00. The predicted molar refractivity (Wildman–Crippen MR) is 134 cm³/mol. The fourth-order valence-corrected chi connectivity index (χ4v) is 3.06. The summed E-state index contributed by atoms with van der Waals surface area (Å²) in [5, 5.41) is 8.53. The molecule has 0 aliphatic heterocycles. The van der Waals surface area contributed by atoms with Crippen LogP contribution in [0.1, 0.15) is 6.42 Å². The molecule has 0 aromatic heterocycles. The van der Waals surface area contributed by atoms with Crippen molar-refractivity contribution in [2.75, 3.05) is 112 Å². The van der Waals surface area contributed by atoms with Crippen molar-refractivity contribution in [3.8, 4) is 0 Å². The van der Waals surface area contributed by atoms with Crippen LogP contribution in [0.3, 0.4) is 0 Å². The Hall–Kier alpha value is -1.41. The molecule has 24 heteroatoms. The fourth-order valence-electron chi connectivity index (χ4n) is 3.06. The third kappa shape index (κ3) is 14.3. The maximum atomic E-state index is 13.7. The van der Waals surface area contributed by atoms with Crippen molar-refractivity contribution in [3.05, 3.63) is 0 Å². The minimum Gasteiger partial charge on any atom is -0.394 e. The Kier molecular flexibility index (Phi) is 21.2. The minimum atomic E-state index is -8.31. The summed E-state index contributed by atoms with van der Waals surface area (Å²) in [5.41, 5.74) is 0. The molecule has 0 atom stereocenters. The zero-order valence-corrected chi connectivity index (χ0v) is 25.6.